The molecular weight excluding hydrogens is 164 g/mol. The molecule has 1 rings (SSSR count). The van der Waals surface area contributed by atoms with Crippen LogP contribution in [0.4, 0.5) is 0 Å². The van der Waals surface area contributed by atoms with Crippen LogP contribution in [0.3, 0.4) is 0 Å². The van der Waals surface area contributed by atoms with Crippen LogP contribution >= 0.6 is 0 Å². The molecule has 3 nitrogen and oxygen atoms in total. The summed E-state index contributed by atoms with van der Waals surface area (Å²) in [5, 5.41) is 6.70. The van der Waals surface area contributed by atoms with E-state index < -0.39 is 0 Å². The zero-order valence-electron chi connectivity index (χ0n) is 8.81. The quantitative estimate of drug-likeness (QED) is 0.665. The van der Waals surface area contributed by atoms with Crippen molar-refractivity contribution in [3.63, 3.8) is 0 Å². The van der Waals surface area contributed by atoms with Crippen LogP contribution in [0.2, 0.25) is 0 Å². The topological polar surface area (TPSA) is 33.3 Å². The lowest BCUT2D eigenvalue weighted by Crippen LogP contribution is -2.42. The van der Waals surface area contributed by atoms with Gasteiger partial charge in [0.25, 0.3) is 0 Å². The lowest BCUT2D eigenvalue weighted by Gasteiger charge is -2.27. The first-order valence-electron chi connectivity index (χ1n) is 5.36. The molecule has 0 aromatic heterocycles. The van der Waals surface area contributed by atoms with Crippen molar-refractivity contribution in [3.8, 4) is 0 Å². The maximum absolute atomic E-state index is 5.65. The minimum absolute atomic E-state index is 0.415. The first kappa shape index (κ1) is 11.0. The maximum atomic E-state index is 5.65. The van der Waals surface area contributed by atoms with Crippen molar-refractivity contribution >= 4 is 0 Å². The van der Waals surface area contributed by atoms with E-state index in [1.807, 2.05) is 7.05 Å². The van der Waals surface area contributed by atoms with E-state index in [0.29, 0.717) is 12.1 Å². The molecule has 0 aromatic carbocycles. The monoisotopic (exact) mass is 186 g/mol. The van der Waals surface area contributed by atoms with E-state index in [0.717, 1.165) is 26.1 Å². The average molecular weight is 186 g/mol. The summed E-state index contributed by atoms with van der Waals surface area (Å²) < 4.78 is 5.65. The predicted octanol–water partition coefficient (Wildman–Crippen LogP) is 0.753. The van der Waals surface area contributed by atoms with Crippen LogP contribution in [0.25, 0.3) is 0 Å². The van der Waals surface area contributed by atoms with Gasteiger partial charge in [0.1, 0.15) is 0 Å². The van der Waals surface area contributed by atoms with Gasteiger partial charge in [-0.2, -0.15) is 0 Å². The fourth-order valence-corrected chi connectivity index (χ4v) is 1.82. The van der Waals surface area contributed by atoms with Gasteiger partial charge in [0.05, 0.1) is 12.7 Å². The van der Waals surface area contributed by atoms with Gasteiger partial charge in [0.15, 0.2) is 0 Å². The minimum Gasteiger partial charge on any atom is -0.376 e. The van der Waals surface area contributed by atoms with Crippen LogP contribution in [0, 0.1) is 0 Å². The van der Waals surface area contributed by atoms with E-state index in [9.17, 15) is 0 Å². The number of ether oxygens (including phenoxy) is 1. The summed E-state index contributed by atoms with van der Waals surface area (Å²) in [6.07, 6.45) is 4.04. The van der Waals surface area contributed by atoms with Crippen LogP contribution in [-0.4, -0.2) is 38.9 Å². The maximum Gasteiger partial charge on any atom is 0.0714 e. The zero-order valence-corrected chi connectivity index (χ0v) is 8.81. The van der Waals surface area contributed by atoms with Gasteiger partial charge in [0.2, 0.25) is 0 Å². The fraction of sp³-hybridized carbons (Fsp3) is 1.00. The molecule has 0 bridgehead atoms. The average Bonchev–Trinajstić information content (AvgIpc) is 2.19. The molecule has 13 heavy (non-hydrogen) atoms. The second kappa shape index (κ2) is 6.35. The highest BCUT2D eigenvalue weighted by Gasteiger charge is 2.17. The Kier molecular flexibility index (Phi) is 5.35. The van der Waals surface area contributed by atoms with Gasteiger partial charge in [0, 0.05) is 19.1 Å². The molecule has 1 aliphatic heterocycles. The molecule has 0 radical (unpaired) electrons. The normalized spacial score (nSPS) is 25.8. The second-order valence-electron chi connectivity index (χ2n) is 3.71. The molecule has 2 unspecified atom stereocenters. The summed E-state index contributed by atoms with van der Waals surface area (Å²) >= 11 is 0. The number of rotatable bonds is 5. The van der Waals surface area contributed by atoms with Gasteiger partial charge in [-0.25, -0.2) is 0 Å². The number of hydrogen-bond acceptors (Lipinski definition) is 3. The Morgan fingerprint density at radius 3 is 3.00 bits per heavy atom. The highest BCUT2D eigenvalue weighted by atomic mass is 16.5. The summed E-state index contributed by atoms with van der Waals surface area (Å²) in [5.74, 6) is 0. The molecule has 0 spiro atoms. The summed E-state index contributed by atoms with van der Waals surface area (Å²) in [6.45, 7) is 5.12. The molecule has 0 amide bonds. The molecule has 1 saturated heterocycles. The van der Waals surface area contributed by atoms with Crippen molar-refractivity contribution in [1.29, 1.82) is 0 Å². The molecule has 0 aliphatic carbocycles. The third kappa shape index (κ3) is 4.07. The molecule has 1 fully saturated rings. The Labute approximate surface area is 81.2 Å². The standard InChI is InChI=1S/C10H22N2O/c1-3-4-9(11-2)7-10-8-12-5-6-13-10/h9-12H,3-8H2,1-2H3. The van der Waals surface area contributed by atoms with Gasteiger partial charge in [-0.05, 0) is 19.9 Å². The highest BCUT2D eigenvalue weighted by molar-refractivity contribution is 4.74. The van der Waals surface area contributed by atoms with E-state index in [1.165, 1.54) is 12.8 Å². The predicted molar refractivity (Wildman–Crippen MR) is 55.0 cm³/mol. The first-order chi connectivity index (χ1) is 6.36. The van der Waals surface area contributed by atoms with Crippen LogP contribution < -0.4 is 10.6 Å². The molecule has 78 valence electrons. The SMILES string of the molecule is CCCC(CC1CNCCO1)NC. The molecule has 3 heteroatoms. The Morgan fingerprint density at radius 1 is 1.62 bits per heavy atom. The van der Waals surface area contributed by atoms with Crippen LogP contribution in [0.1, 0.15) is 26.2 Å². The smallest absolute Gasteiger partial charge is 0.0714 e. The number of hydrogen-bond donors (Lipinski definition) is 2. The van der Waals surface area contributed by atoms with Crippen LogP contribution in [-0.2, 0) is 4.74 Å². The highest BCUT2D eigenvalue weighted by Crippen LogP contribution is 2.09. The van der Waals surface area contributed by atoms with E-state index in [4.69, 9.17) is 4.74 Å². The van der Waals surface area contributed by atoms with E-state index in [1.54, 1.807) is 0 Å². The van der Waals surface area contributed by atoms with Gasteiger partial charge in [-0.15, -0.1) is 0 Å². The van der Waals surface area contributed by atoms with Gasteiger partial charge in [-0.1, -0.05) is 13.3 Å². The number of nitrogens with one attached hydrogen (secondary N) is 2. The van der Waals surface area contributed by atoms with E-state index in [2.05, 4.69) is 17.6 Å². The Bertz CT molecular complexity index is 121. The van der Waals surface area contributed by atoms with Gasteiger partial charge < -0.3 is 15.4 Å². The largest absolute Gasteiger partial charge is 0.376 e. The van der Waals surface area contributed by atoms with Crippen molar-refractivity contribution in [3.05, 3.63) is 0 Å². The van der Waals surface area contributed by atoms with Crippen molar-refractivity contribution in [2.24, 2.45) is 0 Å². The van der Waals surface area contributed by atoms with Gasteiger partial charge in [-0.3, -0.25) is 0 Å². The van der Waals surface area contributed by atoms with E-state index in [-0.39, 0.29) is 0 Å². The van der Waals surface area contributed by atoms with Gasteiger partial charge >= 0.3 is 0 Å². The molecule has 2 atom stereocenters. The third-order valence-corrected chi connectivity index (χ3v) is 2.60. The lowest BCUT2D eigenvalue weighted by atomic mass is 10.0. The molecule has 2 N–H and O–H groups in total. The first-order valence-corrected chi connectivity index (χ1v) is 5.36. The summed E-state index contributed by atoms with van der Waals surface area (Å²) in [6, 6.07) is 0.620. The van der Waals surface area contributed by atoms with Crippen molar-refractivity contribution in [2.45, 2.75) is 38.3 Å². The fourth-order valence-electron chi connectivity index (χ4n) is 1.82. The third-order valence-electron chi connectivity index (χ3n) is 2.60. The van der Waals surface area contributed by atoms with Crippen LogP contribution in [0.15, 0.2) is 0 Å². The number of morpholine rings is 1. The second-order valence-corrected chi connectivity index (χ2v) is 3.71. The summed E-state index contributed by atoms with van der Waals surface area (Å²) in [4.78, 5) is 0. The molecular formula is C10H22N2O. The summed E-state index contributed by atoms with van der Waals surface area (Å²) in [7, 11) is 2.04. The Morgan fingerprint density at radius 2 is 2.46 bits per heavy atom. The van der Waals surface area contributed by atoms with Crippen LogP contribution in [0.5, 0.6) is 0 Å². The minimum atomic E-state index is 0.415. The Balaban J connectivity index is 2.18. The van der Waals surface area contributed by atoms with Crippen molar-refractivity contribution in [2.75, 3.05) is 26.7 Å². The Hall–Kier alpha value is -0.120. The molecule has 1 aliphatic rings. The van der Waals surface area contributed by atoms with Crippen molar-refractivity contribution < 1.29 is 4.74 Å². The van der Waals surface area contributed by atoms with E-state index >= 15 is 0 Å². The zero-order chi connectivity index (χ0) is 9.52. The molecule has 1 heterocycles. The molecule has 0 aromatic rings. The van der Waals surface area contributed by atoms with Crippen molar-refractivity contribution in [1.82, 2.24) is 10.6 Å². The lowest BCUT2D eigenvalue weighted by molar-refractivity contribution is 0.0172. The molecule has 0 saturated carbocycles. The summed E-state index contributed by atoms with van der Waals surface area (Å²) in [5.41, 5.74) is 0.